The number of piperazine rings is 1. The molecule has 2 N–H and O–H groups in total. The van der Waals surface area contributed by atoms with Gasteiger partial charge in [0.05, 0.1) is 11.5 Å². The Morgan fingerprint density at radius 3 is 1.38 bits per heavy atom. The Labute approximate surface area is 145 Å². The second-order valence-electron chi connectivity index (χ2n) is 5.45. The fraction of sp³-hybridized carbons (Fsp3) is 0.714. The maximum Gasteiger partial charge on any atom is 0.231 e. The molecule has 1 aliphatic rings. The van der Waals surface area contributed by atoms with Crippen molar-refractivity contribution in [1.29, 1.82) is 0 Å². The molecule has 1 saturated heterocycles. The van der Waals surface area contributed by atoms with Crippen molar-refractivity contribution in [3.05, 3.63) is 24.6 Å². The van der Waals surface area contributed by atoms with Gasteiger partial charge in [-0.1, -0.05) is 12.2 Å². The van der Waals surface area contributed by atoms with E-state index in [1.54, 1.807) is 13.8 Å². The zero-order chi connectivity index (χ0) is 18.1. The smallest absolute Gasteiger partial charge is 0.231 e. The van der Waals surface area contributed by atoms with E-state index in [2.05, 4.69) is 19.2 Å². The number of hydrogen-bond acceptors (Lipinski definition) is 6. The zero-order valence-corrected chi connectivity index (χ0v) is 15.9. The summed E-state index contributed by atoms with van der Waals surface area (Å²) in [6, 6.07) is 0. The van der Waals surface area contributed by atoms with Gasteiger partial charge in [0.25, 0.3) is 0 Å². The average Bonchev–Trinajstić information content (AvgIpc) is 2.57. The lowest BCUT2D eigenvalue weighted by Crippen LogP contribution is -2.46. The first kappa shape index (κ1) is 20.9. The van der Waals surface area contributed by atoms with Crippen LogP contribution in [0.1, 0.15) is 13.8 Å². The summed E-state index contributed by atoms with van der Waals surface area (Å²) < 4.78 is 49.9. The van der Waals surface area contributed by atoms with Gasteiger partial charge >= 0.3 is 0 Å². The van der Waals surface area contributed by atoms with Gasteiger partial charge in [-0.3, -0.25) is 19.2 Å². The summed E-state index contributed by atoms with van der Waals surface area (Å²) in [5, 5.41) is 0. The molecule has 24 heavy (non-hydrogen) atoms. The maximum atomic E-state index is 11.3. The lowest BCUT2D eigenvalue weighted by molar-refractivity contribution is 0.153. The van der Waals surface area contributed by atoms with Crippen molar-refractivity contribution in [3.63, 3.8) is 0 Å². The number of hydrogen-bond donors (Lipinski definition) is 2. The molecule has 0 aliphatic carbocycles. The monoisotopic (exact) mass is 380 g/mol. The molecule has 0 aromatic carbocycles. The Hall–Kier alpha value is -1.10. The van der Waals surface area contributed by atoms with Gasteiger partial charge in [0, 0.05) is 51.7 Å². The summed E-state index contributed by atoms with van der Waals surface area (Å²) in [6.07, 6.45) is 6.58. The van der Waals surface area contributed by atoms with E-state index < -0.39 is 20.0 Å². The van der Waals surface area contributed by atoms with Crippen molar-refractivity contribution in [2.45, 2.75) is 13.8 Å². The largest absolute Gasteiger partial charge is 0.297 e. The molecular weight excluding hydrogens is 352 g/mol. The third-order valence-corrected chi connectivity index (χ3v) is 6.19. The normalized spacial score (nSPS) is 18.4. The molecule has 140 valence electrons. The van der Waals surface area contributed by atoms with Gasteiger partial charge in [0.15, 0.2) is 0 Å². The zero-order valence-electron chi connectivity index (χ0n) is 14.3. The summed E-state index contributed by atoms with van der Waals surface area (Å²) in [4.78, 5) is 4.47. The van der Waals surface area contributed by atoms with Crippen LogP contribution in [0.2, 0.25) is 0 Å². The molecule has 1 aliphatic heterocycles. The highest BCUT2D eigenvalue weighted by molar-refractivity contribution is 7.89. The number of rotatable bonds is 10. The average molecular weight is 381 g/mol. The van der Waals surface area contributed by atoms with Gasteiger partial charge in [-0.25, -0.2) is 16.8 Å². The third-order valence-electron chi connectivity index (χ3n) is 3.68. The van der Waals surface area contributed by atoms with E-state index in [1.807, 2.05) is 12.2 Å². The third kappa shape index (κ3) is 8.67. The first-order valence-electron chi connectivity index (χ1n) is 8.02. The summed E-state index contributed by atoms with van der Waals surface area (Å²) in [6.45, 7) is 8.14. The molecule has 0 spiro atoms. The molecule has 0 aromatic rings. The van der Waals surface area contributed by atoms with Crippen LogP contribution in [0.25, 0.3) is 0 Å². The molecule has 1 heterocycles. The predicted octanol–water partition coefficient (Wildman–Crippen LogP) is -0.490. The van der Waals surface area contributed by atoms with Crippen LogP contribution in [-0.2, 0) is 20.0 Å². The summed E-state index contributed by atoms with van der Waals surface area (Å²) >= 11 is 0. The Morgan fingerprint density at radius 1 is 0.750 bits per heavy atom. The quantitative estimate of drug-likeness (QED) is 0.531. The van der Waals surface area contributed by atoms with Crippen LogP contribution in [0.3, 0.4) is 0 Å². The first-order chi connectivity index (χ1) is 11.3. The van der Waals surface area contributed by atoms with Gasteiger partial charge in [0.2, 0.25) is 20.0 Å². The van der Waals surface area contributed by atoms with E-state index >= 15 is 0 Å². The van der Waals surface area contributed by atoms with E-state index in [-0.39, 0.29) is 11.5 Å². The van der Waals surface area contributed by atoms with E-state index in [0.29, 0.717) is 13.1 Å². The van der Waals surface area contributed by atoms with Crippen LogP contribution in [0.4, 0.5) is 0 Å². The van der Waals surface area contributed by atoms with Crippen molar-refractivity contribution in [1.82, 2.24) is 19.2 Å². The Balaban J connectivity index is 2.22. The number of nitrogens with zero attached hydrogens (tertiary/aromatic N) is 2. The van der Waals surface area contributed by atoms with Gasteiger partial charge < -0.3 is 0 Å². The van der Waals surface area contributed by atoms with Crippen LogP contribution in [0.15, 0.2) is 24.6 Å². The van der Waals surface area contributed by atoms with Crippen LogP contribution in [0, 0.1) is 0 Å². The highest BCUT2D eigenvalue weighted by Crippen LogP contribution is 2.01. The van der Waals surface area contributed by atoms with Gasteiger partial charge in [-0.2, -0.15) is 0 Å². The molecule has 0 radical (unpaired) electrons. The lowest BCUT2D eigenvalue weighted by Gasteiger charge is -2.33. The number of sulfonamides is 2. The fourth-order valence-electron chi connectivity index (χ4n) is 2.03. The molecule has 1 fully saturated rings. The molecule has 8 nitrogen and oxygen atoms in total. The van der Waals surface area contributed by atoms with E-state index in [1.165, 1.54) is 12.4 Å². The second-order valence-corrected chi connectivity index (χ2v) is 9.53. The molecule has 0 atom stereocenters. The van der Waals surface area contributed by atoms with E-state index in [9.17, 15) is 16.8 Å². The summed E-state index contributed by atoms with van der Waals surface area (Å²) in [5.41, 5.74) is 0. The van der Waals surface area contributed by atoms with Crippen LogP contribution in [-0.4, -0.2) is 77.4 Å². The minimum absolute atomic E-state index is 0.0674. The topological polar surface area (TPSA) is 98.8 Å². The minimum Gasteiger partial charge on any atom is -0.297 e. The molecular formula is C14H28N4O4S2. The fourth-order valence-corrected chi connectivity index (χ4v) is 2.97. The van der Waals surface area contributed by atoms with Crippen molar-refractivity contribution in [2.75, 3.05) is 50.8 Å². The SMILES string of the molecule is CCS(=O)(=O)N/C=C/CN1CCN(C/C=C/NS(=O)(=O)CC)CC1. The van der Waals surface area contributed by atoms with Gasteiger partial charge in [-0.15, -0.1) is 0 Å². The van der Waals surface area contributed by atoms with Crippen molar-refractivity contribution >= 4 is 20.0 Å². The van der Waals surface area contributed by atoms with Crippen molar-refractivity contribution in [3.8, 4) is 0 Å². The van der Waals surface area contributed by atoms with E-state index in [0.717, 1.165) is 26.2 Å². The summed E-state index contributed by atoms with van der Waals surface area (Å²) in [7, 11) is -6.35. The van der Waals surface area contributed by atoms with Crippen LogP contribution < -0.4 is 9.44 Å². The molecule has 10 heteroatoms. The minimum atomic E-state index is -3.18. The Kier molecular flexibility index (Phi) is 8.74. The first-order valence-corrected chi connectivity index (χ1v) is 11.3. The molecule has 0 aromatic heterocycles. The Bertz CT molecular complexity index is 565. The lowest BCUT2D eigenvalue weighted by atomic mass is 10.3. The second kappa shape index (κ2) is 10.0. The predicted molar refractivity (Wildman–Crippen MR) is 96.4 cm³/mol. The summed E-state index contributed by atoms with van der Waals surface area (Å²) in [5.74, 6) is 0.135. The van der Waals surface area contributed by atoms with Gasteiger partial charge in [0.1, 0.15) is 0 Å². The highest BCUT2D eigenvalue weighted by atomic mass is 32.2. The molecule has 0 bridgehead atoms. The van der Waals surface area contributed by atoms with E-state index in [4.69, 9.17) is 0 Å². The highest BCUT2D eigenvalue weighted by Gasteiger charge is 2.14. The molecule has 0 saturated carbocycles. The van der Waals surface area contributed by atoms with Crippen molar-refractivity contribution < 1.29 is 16.8 Å². The van der Waals surface area contributed by atoms with Crippen molar-refractivity contribution in [2.24, 2.45) is 0 Å². The number of nitrogens with one attached hydrogen (secondary N) is 2. The van der Waals surface area contributed by atoms with Gasteiger partial charge in [-0.05, 0) is 13.8 Å². The molecule has 0 unspecified atom stereocenters. The maximum absolute atomic E-state index is 11.3. The molecule has 0 amide bonds. The standard InChI is InChI=1S/C14H28N4O4S2/c1-3-23(19,20)15-7-5-9-17-11-13-18(14-12-17)10-6-8-16-24(21,22)4-2/h5-8,15-16H,3-4,9-14H2,1-2H3/b7-5+,8-6+. The van der Waals surface area contributed by atoms with Crippen LogP contribution in [0.5, 0.6) is 0 Å². The Morgan fingerprint density at radius 2 is 1.08 bits per heavy atom. The van der Waals surface area contributed by atoms with Crippen LogP contribution >= 0.6 is 0 Å². The molecule has 1 rings (SSSR count).